The molecule has 2 aliphatic rings. The molecular formula is C30H33F3N4O3. The highest BCUT2D eigenvalue weighted by Gasteiger charge is 2.28. The lowest BCUT2D eigenvalue weighted by Gasteiger charge is -2.32. The summed E-state index contributed by atoms with van der Waals surface area (Å²) in [5.41, 5.74) is 6.51. The Labute approximate surface area is 231 Å². The number of rotatable bonds is 7. The summed E-state index contributed by atoms with van der Waals surface area (Å²) >= 11 is 0. The van der Waals surface area contributed by atoms with E-state index in [1.807, 2.05) is 6.07 Å². The monoisotopic (exact) mass is 554 g/mol. The number of halogens is 3. The van der Waals surface area contributed by atoms with Crippen LogP contribution in [0.5, 0.6) is 0 Å². The molecule has 7 nitrogen and oxygen atoms in total. The maximum Gasteiger partial charge on any atom is 0.274 e. The summed E-state index contributed by atoms with van der Waals surface area (Å²) in [4.78, 5) is 21.3. The number of hydrogen-bond donors (Lipinski definition) is 2. The van der Waals surface area contributed by atoms with Crippen LogP contribution in [0.15, 0.2) is 42.7 Å². The highest BCUT2D eigenvalue weighted by molar-refractivity contribution is 6.03. The second kappa shape index (κ2) is 12.4. The SMILES string of the molecule is C[C@@H]1C[C@H](N)C[C@H](c2ccncc2NC(=O)c2ccc(F)c(-c3c(F)cc(COC4CCOCC4)cc3F)n2)C1. The van der Waals surface area contributed by atoms with Crippen molar-refractivity contribution in [3.8, 4) is 11.3 Å². The Kier molecular flexibility index (Phi) is 8.78. The molecule has 10 heteroatoms. The van der Waals surface area contributed by atoms with Crippen LogP contribution in [-0.4, -0.2) is 41.2 Å². The summed E-state index contributed by atoms with van der Waals surface area (Å²) < 4.78 is 56.0. The van der Waals surface area contributed by atoms with Crippen molar-refractivity contribution in [1.29, 1.82) is 0 Å². The van der Waals surface area contributed by atoms with Crippen LogP contribution in [0, 0.1) is 23.4 Å². The van der Waals surface area contributed by atoms with E-state index in [0.717, 1.165) is 43.0 Å². The van der Waals surface area contributed by atoms with E-state index in [2.05, 4.69) is 22.2 Å². The van der Waals surface area contributed by atoms with Gasteiger partial charge in [0.2, 0.25) is 0 Å². The van der Waals surface area contributed by atoms with Crippen molar-refractivity contribution in [2.24, 2.45) is 11.7 Å². The van der Waals surface area contributed by atoms with E-state index in [0.29, 0.717) is 37.7 Å². The Balaban J connectivity index is 1.35. The number of carbonyl (C=O) groups is 1. The average Bonchev–Trinajstić information content (AvgIpc) is 2.93. The van der Waals surface area contributed by atoms with Gasteiger partial charge in [0, 0.05) is 25.5 Å². The van der Waals surface area contributed by atoms with Crippen LogP contribution in [0.1, 0.15) is 66.6 Å². The lowest BCUT2D eigenvalue weighted by molar-refractivity contribution is -0.0391. The minimum absolute atomic E-state index is 0.00919. The molecule has 3 N–H and O–H groups in total. The first-order valence-corrected chi connectivity index (χ1v) is 13.6. The molecular weight excluding hydrogens is 521 g/mol. The number of nitrogens with two attached hydrogens (primary N) is 1. The molecule has 2 aromatic heterocycles. The van der Waals surface area contributed by atoms with E-state index in [9.17, 15) is 9.18 Å². The Morgan fingerprint density at radius 1 is 1.07 bits per heavy atom. The smallest absolute Gasteiger partial charge is 0.274 e. The van der Waals surface area contributed by atoms with Crippen LogP contribution in [0.25, 0.3) is 11.3 Å². The molecule has 1 saturated carbocycles. The standard InChI is InChI=1S/C30H33F3N4O3/c1-17-10-19(14-20(34)11-17)22-4-7-35-15-27(22)37-30(38)26-3-2-23(31)29(36-26)28-24(32)12-18(13-25(28)33)16-40-21-5-8-39-9-6-21/h2-4,7,12-13,15,17,19-21H,5-6,8-11,14,16,34H2,1H3,(H,37,38)/t17-,19+,20-/m0/s1. The predicted molar refractivity (Wildman–Crippen MR) is 144 cm³/mol. The first-order chi connectivity index (χ1) is 19.3. The van der Waals surface area contributed by atoms with Gasteiger partial charge in [0.15, 0.2) is 0 Å². The van der Waals surface area contributed by atoms with Crippen molar-refractivity contribution >= 4 is 11.6 Å². The number of ether oxygens (including phenoxy) is 2. The van der Waals surface area contributed by atoms with Gasteiger partial charge in [-0.1, -0.05) is 6.92 Å². The second-order valence-electron chi connectivity index (χ2n) is 10.8. The quantitative estimate of drug-likeness (QED) is 0.387. The number of benzene rings is 1. The van der Waals surface area contributed by atoms with Gasteiger partial charge in [0.05, 0.1) is 30.2 Å². The number of anilines is 1. The van der Waals surface area contributed by atoms with Crippen molar-refractivity contribution in [3.63, 3.8) is 0 Å². The van der Waals surface area contributed by atoms with Crippen molar-refractivity contribution in [2.75, 3.05) is 18.5 Å². The van der Waals surface area contributed by atoms with Crippen LogP contribution in [0.4, 0.5) is 18.9 Å². The van der Waals surface area contributed by atoms with Gasteiger partial charge in [-0.2, -0.15) is 0 Å². The van der Waals surface area contributed by atoms with Gasteiger partial charge >= 0.3 is 0 Å². The molecule has 1 aliphatic carbocycles. The summed E-state index contributed by atoms with van der Waals surface area (Å²) in [6, 6.07) is 6.27. The van der Waals surface area contributed by atoms with Gasteiger partial charge in [0.1, 0.15) is 28.8 Å². The van der Waals surface area contributed by atoms with Gasteiger partial charge in [-0.3, -0.25) is 9.78 Å². The van der Waals surface area contributed by atoms with E-state index >= 15 is 8.78 Å². The molecule has 0 bridgehead atoms. The number of aromatic nitrogens is 2. The molecule has 3 heterocycles. The zero-order valence-electron chi connectivity index (χ0n) is 22.3. The summed E-state index contributed by atoms with van der Waals surface area (Å²) in [5.74, 6) is -3.00. The van der Waals surface area contributed by atoms with E-state index < -0.39 is 34.6 Å². The number of hydrogen-bond acceptors (Lipinski definition) is 6. The first-order valence-electron chi connectivity index (χ1n) is 13.6. The fourth-order valence-corrected chi connectivity index (χ4v) is 5.70. The normalized spacial score (nSPS) is 21.8. The number of nitrogens with zero attached hydrogens (tertiary/aromatic N) is 2. The molecule has 1 aliphatic heterocycles. The lowest BCUT2D eigenvalue weighted by atomic mass is 9.76. The van der Waals surface area contributed by atoms with Crippen LogP contribution in [0.2, 0.25) is 0 Å². The van der Waals surface area contributed by atoms with Gasteiger partial charge in [-0.15, -0.1) is 0 Å². The molecule has 1 amide bonds. The lowest BCUT2D eigenvalue weighted by Crippen LogP contribution is -2.31. The van der Waals surface area contributed by atoms with E-state index in [1.165, 1.54) is 6.07 Å². The zero-order chi connectivity index (χ0) is 28.2. The second-order valence-corrected chi connectivity index (χ2v) is 10.8. The Morgan fingerprint density at radius 3 is 2.55 bits per heavy atom. The van der Waals surface area contributed by atoms with E-state index in [1.54, 1.807) is 12.4 Å². The van der Waals surface area contributed by atoms with Crippen LogP contribution in [0.3, 0.4) is 0 Å². The topological polar surface area (TPSA) is 99.4 Å². The van der Waals surface area contributed by atoms with Crippen LogP contribution >= 0.6 is 0 Å². The molecule has 1 aromatic carbocycles. The Morgan fingerprint density at radius 2 is 1.82 bits per heavy atom. The highest BCUT2D eigenvalue weighted by Crippen LogP contribution is 2.38. The third-order valence-electron chi connectivity index (χ3n) is 7.59. The minimum Gasteiger partial charge on any atom is -0.381 e. The van der Waals surface area contributed by atoms with Crippen molar-refractivity contribution < 1.29 is 27.4 Å². The Hall–Kier alpha value is -3.34. The molecule has 2 fully saturated rings. The van der Waals surface area contributed by atoms with Crippen molar-refractivity contribution in [1.82, 2.24) is 9.97 Å². The molecule has 0 radical (unpaired) electrons. The predicted octanol–water partition coefficient (Wildman–Crippen LogP) is 5.74. The molecule has 5 rings (SSSR count). The highest BCUT2D eigenvalue weighted by atomic mass is 19.1. The van der Waals surface area contributed by atoms with E-state index in [-0.39, 0.29) is 35.9 Å². The van der Waals surface area contributed by atoms with Gasteiger partial charge < -0.3 is 20.5 Å². The maximum atomic E-state index is 15.1. The summed E-state index contributed by atoms with van der Waals surface area (Å²) in [7, 11) is 0. The molecule has 3 atom stereocenters. The summed E-state index contributed by atoms with van der Waals surface area (Å²) in [6.45, 7) is 3.32. The van der Waals surface area contributed by atoms with Crippen molar-refractivity contribution in [2.45, 2.75) is 63.7 Å². The van der Waals surface area contributed by atoms with Crippen LogP contribution < -0.4 is 11.1 Å². The number of pyridine rings is 2. The average molecular weight is 555 g/mol. The zero-order valence-corrected chi connectivity index (χ0v) is 22.3. The maximum absolute atomic E-state index is 15.1. The third kappa shape index (κ3) is 6.51. The fraction of sp³-hybridized carbons (Fsp3) is 0.433. The molecule has 212 valence electrons. The van der Waals surface area contributed by atoms with Gasteiger partial charge in [0.25, 0.3) is 5.91 Å². The van der Waals surface area contributed by atoms with E-state index in [4.69, 9.17) is 15.2 Å². The fourth-order valence-electron chi connectivity index (χ4n) is 5.70. The minimum atomic E-state index is -0.994. The van der Waals surface area contributed by atoms with Crippen molar-refractivity contribution in [3.05, 3.63) is 77.0 Å². The summed E-state index contributed by atoms with van der Waals surface area (Å²) in [5, 5.41) is 2.80. The largest absolute Gasteiger partial charge is 0.381 e. The molecule has 1 saturated heterocycles. The molecule has 3 aromatic rings. The Bertz CT molecular complexity index is 1330. The molecule has 0 unspecified atom stereocenters. The van der Waals surface area contributed by atoms with Gasteiger partial charge in [-0.25, -0.2) is 18.2 Å². The third-order valence-corrected chi connectivity index (χ3v) is 7.59. The van der Waals surface area contributed by atoms with Crippen LogP contribution in [-0.2, 0) is 16.1 Å². The summed E-state index contributed by atoms with van der Waals surface area (Å²) in [6.07, 6.45) is 7.23. The number of carbonyl (C=O) groups excluding carboxylic acids is 1. The van der Waals surface area contributed by atoms with Gasteiger partial charge in [-0.05, 0) is 85.4 Å². The first kappa shape index (κ1) is 28.2. The number of amides is 1. The molecule has 0 spiro atoms. The molecule has 40 heavy (non-hydrogen) atoms. The number of nitrogens with one attached hydrogen (secondary N) is 1.